The van der Waals surface area contributed by atoms with E-state index in [4.69, 9.17) is 9.47 Å². The van der Waals surface area contributed by atoms with E-state index in [2.05, 4.69) is 65.0 Å². The van der Waals surface area contributed by atoms with Gasteiger partial charge in [0.05, 0.1) is 11.1 Å². The van der Waals surface area contributed by atoms with Crippen molar-refractivity contribution in [2.45, 2.75) is 78.4 Å². The van der Waals surface area contributed by atoms with E-state index < -0.39 is 5.92 Å². The van der Waals surface area contributed by atoms with Crippen LogP contribution in [0.2, 0.25) is 0 Å². The molecule has 0 unspecified atom stereocenters. The Morgan fingerprint density at radius 3 is 2.09 bits per heavy atom. The highest BCUT2D eigenvalue weighted by molar-refractivity contribution is 9.10. The molecule has 43 heavy (non-hydrogen) atoms. The Kier molecular flexibility index (Phi) is 8.58. The Morgan fingerprint density at radius 1 is 0.791 bits per heavy atom. The van der Waals surface area contributed by atoms with E-state index in [1.54, 1.807) is 0 Å². The second kappa shape index (κ2) is 12.5. The van der Waals surface area contributed by atoms with Gasteiger partial charge in [0.1, 0.15) is 6.61 Å². The first-order valence-corrected chi connectivity index (χ1v) is 16.1. The van der Waals surface area contributed by atoms with Crippen LogP contribution in [0, 0.1) is 13.8 Å². The summed E-state index contributed by atoms with van der Waals surface area (Å²) in [7, 11) is 0. The molecule has 0 N–H and O–H groups in total. The Labute approximate surface area is 262 Å². The number of aryl methyl sites for hydroxylation is 2. The molecule has 0 saturated heterocycles. The maximum Gasteiger partial charge on any atom is 0.175 e. The third-order valence-corrected chi connectivity index (χ3v) is 9.48. The van der Waals surface area contributed by atoms with E-state index in [-0.39, 0.29) is 11.6 Å². The molecule has 0 atom stereocenters. The SMILES string of the molecule is CCOc1cc(C2C3=C(CCCC3=O)N(Cc3ccccc3)C3=C2C(=O)CCC3)cc(Br)c1OCc1ccc(C)c(C)c1. The van der Waals surface area contributed by atoms with Crippen LogP contribution in [0.4, 0.5) is 0 Å². The van der Waals surface area contributed by atoms with Gasteiger partial charge in [-0.3, -0.25) is 9.59 Å². The number of halogens is 1. The first-order valence-electron chi connectivity index (χ1n) is 15.3. The molecule has 0 radical (unpaired) electrons. The van der Waals surface area contributed by atoms with Gasteiger partial charge in [-0.15, -0.1) is 0 Å². The second-order valence-electron chi connectivity index (χ2n) is 11.7. The van der Waals surface area contributed by atoms with Crippen molar-refractivity contribution < 1.29 is 19.1 Å². The van der Waals surface area contributed by atoms with E-state index in [0.717, 1.165) is 63.8 Å². The zero-order valence-electron chi connectivity index (χ0n) is 25.2. The fourth-order valence-electron chi connectivity index (χ4n) is 6.71. The maximum atomic E-state index is 13.8. The number of carbonyl (C=O) groups excluding carboxylic acids is 2. The summed E-state index contributed by atoms with van der Waals surface area (Å²) in [5, 5.41) is 0. The highest BCUT2D eigenvalue weighted by Gasteiger charge is 2.43. The predicted octanol–water partition coefficient (Wildman–Crippen LogP) is 8.66. The van der Waals surface area contributed by atoms with Gasteiger partial charge >= 0.3 is 0 Å². The second-order valence-corrected chi connectivity index (χ2v) is 12.6. The zero-order chi connectivity index (χ0) is 30.1. The van der Waals surface area contributed by atoms with Crippen LogP contribution in [0.3, 0.4) is 0 Å². The van der Waals surface area contributed by atoms with Crippen LogP contribution in [0.1, 0.15) is 79.2 Å². The van der Waals surface area contributed by atoms with Crippen LogP contribution < -0.4 is 9.47 Å². The van der Waals surface area contributed by atoms with Gasteiger partial charge in [0.2, 0.25) is 0 Å². The number of rotatable bonds is 8. The van der Waals surface area contributed by atoms with Gasteiger partial charge in [0.15, 0.2) is 23.1 Å². The molecular weight excluding hydrogens is 602 g/mol. The first-order chi connectivity index (χ1) is 20.9. The van der Waals surface area contributed by atoms with Gasteiger partial charge in [-0.1, -0.05) is 48.5 Å². The van der Waals surface area contributed by atoms with Crippen molar-refractivity contribution in [2.75, 3.05) is 6.61 Å². The minimum Gasteiger partial charge on any atom is -0.490 e. The normalized spacial score (nSPS) is 17.3. The summed E-state index contributed by atoms with van der Waals surface area (Å²) in [6, 6.07) is 20.7. The highest BCUT2D eigenvalue weighted by atomic mass is 79.9. The molecule has 3 aromatic carbocycles. The molecule has 6 rings (SSSR count). The van der Waals surface area contributed by atoms with Crippen molar-refractivity contribution >= 4 is 27.5 Å². The van der Waals surface area contributed by atoms with Crippen molar-refractivity contribution in [2.24, 2.45) is 0 Å². The number of allylic oxidation sites excluding steroid dienone is 4. The Hall–Kier alpha value is -3.64. The summed E-state index contributed by atoms with van der Waals surface area (Å²) in [6.07, 6.45) is 4.30. The number of carbonyl (C=O) groups is 2. The molecule has 0 fully saturated rings. The van der Waals surface area contributed by atoms with E-state index in [1.165, 1.54) is 16.7 Å². The number of ether oxygens (including phenoxy) is 2. The number of hydrogen-bond acceptors (Lipinski definition) is 5. The van der Waals surface area contributed by atoms with E-state index in [9.17, 15) is 9.59 Å². The number of nitrogens with zero attached hydrogens (tertiary/aromatic N) is 1. The largest absolute Gasteiger partial charge is 0.490 e. The fraction of sp³-hybridized carbons (Fsp3) is 0.351. The topological polar surface area (TPSA) is 55.8 Å². The summed E-state index contributed by atoms with van der Waals surface area (Å²) < 4.78 is 13.2. The standard InChI is InChI=1S/C37H38BrNO4/c1-4-42-33-20-27(19-28(38)37(33)43-22-26-17-16-23(2)24(3)18-26)34-35-29(12-8-14-31(35)40)39(21-25-10-6-5-7-11-25)30-13-9-15-32(41)36(30)34/h5-7,10-11,16-20,34H,4,8-9,12-15,21-22H2,1-3H3. The molecule has 1 heterocycles. The number of ketones is 2. The first kappa shape index (κ1) is 29.4. The van der Waals surface area contributed by atoms with Crippen LogP contribution in [-0.2, 0) is 22.7 Å². The van der Waals surface area contributed by atoms with Crippen molar-refractivity contribution in [1.82, 2.24) is 4.90 Å². The van der Waals surface area contributed by atoms with E-state index in [0.29, 0.717) is 44.1 Å². The quantitative estimate of drug-likeness (QED) is 0.247. The Morgan fingerprint density at radius 2 is 1.47 bits per heavy atom. The predicted molar refractivity (Wildman–Crippen MR) is 172 cm³/mol. The number of benzene rings is 3. The zero-order valence-corrected chi connectivity index (χ0v) is 26.8. The average Bonchev–Trinajstić information content (AvgIpc) is 2.99. The average molecular weight is 641 g/mol. The van der Waals surface area contributed by atoms with Gasteiger partial charge in [-0.25, -0.2) is 0 Å². The van der Waals surface area contributed by atoms with Crippen molar-refractivity contribution in [3.05, 3.63) is 115 Å². The lowest BCUT2D eigenvalue weighted by Gasteiger charge is -2.44. The molecule has 3 aromatic rings. The summed E-state index contributed by atoms with van der Waals surface area (Å²) in [5.74, 6) is 1.09. The van der Waals surface area contributed by atoms with Crippen LogP contribution in [0.15, 0.2) is 87.7 Å². The monoisotopic (exact) mass is 639 g/mol. The molecule has 0 amide bonds. The molecular formula is C37H38BrNO4. The smallest absolute Gasteiger partial charge is 0.175 e. The molecule has 0 aromatic heterocycles. The minimum atomic E-state index is -0.415. The van der Waals surface area contributed by atoms with Gasteiger partial charge in [-0.05, 0) is 102 Å². The van der Waals surface area contributed by atoms with Gasteiger partial charge in [-0.2, -0.15) is 0 Å². The molecule has 1 aliphatic heterocycles. The Bertz CT molecular complexity index is 1590. The van der Waals surface area contributed by atoms with Gasteiger partial charge < -0.3 is 14.4 Å². The summed E-state index contributed by atoms with van der Waals surface area (Å²) >= 11 is 3.78. The molecule has 0 saturated carbocycles. The van der Waals surface area contributed by atoms with Crippen LogP contribution in [0.5, 0.6) is 11.5 Å². The van der Waals surface area contributed by atoms with Crippen molar-refractivity contribution in [3.8, 4) is 11.5 Å². The van der Waals surface area contributed by atoms with Crippen LogP contribution in [0.25, 0.3) is 0 Å². The van der Waals surface area contributed by atoms with Gasteiger partial charge in [0.25, 0.3) is 0 Å². The lowest BCUT2D eigenvalue weighted by molar-refractivity contribution is -0.117. The molecule has 222 valence electrons. The van der Waals surface area contributed by atoms with E-state index in [1.807, 2.05) is 37.3 Å². The number of hydrogen-bond donors (Lipinski definition) is 0. The van der Waals surface area contributed by atoms with Crippen LogP contribution in [-0.4, -0.2) is 23.1 Å². The summed E-state index contributed by atoms with van der Waals surface area (Å²) in [5.41, 5.74) is 9.30. The van der Waals surface area contributed by atoms with Crippen molar-refractivity contribution in [3.63, 3.8) is 0 Å². The highest BCUT2D eigenvalue weighted by Crippen LogP contribution is 2.51. The summed E-state index contributed by atoms with van der Waals surface area (Å²) in [4.78, 5) is 29.9. The molecule has 5 nitrogen and oxygen atoms in total. The van der Waals surface area contributed by atoms with Crippen molar-refractivity contribution in [1.29, 1.82) is 0 Å². The molecule has 6 heteroatoms. The third kappa shape index (κ3) is 5.82. The summed E-state index contributed by atoms with van der Waals surface area (Å²) in [6.45, 7) is 7.68. The fourth-order valence-corrected chi connectivity index (χ4v) is 7.29. The van der Waals surface area contributed by atoms with Gasteiger partial charge in [0, 0.05) is 47.8 Å². The molecule has 2 aliphatic carbocycles. The lowest BCUT2D eigenvalue weighted by atomic mass is 9.71. The molecule has 3 aliphatic rings. The van der Waals surface area contributed by atoms with Crippen LogP contribution >= 0.6 is 15.9 Å². The minimum absolute atomic E-state index is 0.137. The van der Waals surface area contributed by atoms with E-state index >= 15 is 0 Å². The third-order valence-electron chi connectivity index (χ3n) is 8.89. The Balaban J connectivity index is 1.44. The molecule has 0 bridgehead atoms. The molecule has 0 spiro atoms. The lowest BCUT2D eigenvalue weighted by Crippen LogP contribution is -2.38. The number of Topliss-reactive ketones (excluding diaryl/α,β-unsaturated/α-hetero) is 2. The maximum absolute atomic E-state index is 13.8.